The van der Waals surface area contributed by atoms with Gasteiger partial charge in [-0.15, -0.1) is 0 Å². The van der Waals surface area contributed by atoms with Crippen molar-refractivity contribution in [3.05, 3.63) is 110 Å². The van der Waals surface area contributed by atoms with Crippen LogP contribution in [0.2, 0.25) is 0 Å². The van der Waals surface area contributed by atoms with E-state index in [1.807, 2.05) is 61.5 Å². The SMILES string of the molecule is COc1cc(/C=C2\SC(=O)N(Cc3ccc(C)cc3)C2=O)cc(Br)c1OC(=O)c1cccc2ccccc12. The molecule has 0 radical (unpaired) electrons. The van der Waals surface area contributed by atoms with E-state index in [1.54, 1.807) is 30.3 Å². The van der Waals surface area contributed by atoms with Gasteiger partial charge in [0, 0.05) is 0 Å². The lowest BCUT2D eigenvalue weighted by molar-refractivity contribution is -0.123. The number of imide groups is 1. The second-order valence-electron chi connectivity index (χ2n) is 8.70. The van der Waals surface area contributed by atoms with Gasteiger partial charge in [0.05, 0.1) is 28.6 Å². The van der Waals surface area contributed by atoms with Crippen molar-refractivity contribution in [2.45, 2.75) is 13.5 Å². The summed E-state index contributed by atoms with van der Waals surface area (Å²) >= 11 is 4.36. The number of esters is 1. The topological polar surface area (TPSA) is 72.9 Å². The fourth-order valence-electron chi connectivity index (χ4n) is 4.14. The maximum Gasteiger partial charge on any atom is 0.344 e. The number of thioether (sulfide) groups is 1. The standard InChI is InChI=1S/C30H22BrNO5S/c1-18-10-12-19(13-11-18)17-32-28(33)26(38-30(32)35)16-20-14-24(31)27(25(15-20)36-2)37-29(34)23-9-5-7-21-6-3-4-8-22(21)23/h3-16H,17H2,1-2H3/b26-16-. The highest BCUT2D eigenvalue weighted by atomic mass is 79.9. The molecule has 2 amide bonds. The minimum atomic E-state index is -0.522. The lowest BCUT2D eigenvalue weighted by atomic mass is 10.0. The predicted molar refractivity (Wildman–Crippen MR) is 152 cm³/mol. The van der Waals surface area contributed by atoms with E-state index in [-0.39, 0.29) is 23.4 Å². The Morgan fingerprint density at radius 1 is 1.00 bits per heavy atom. The number of nitrogens with zero attached hydrogens (tertiary/aromatic N) is 1. The Labute approximate surface area is 232 Å². The van der Waals surface area contributed by atoms with Gasteiger partial charge in [0.25, 0.3) is 11.1 Å². The maximum atomic E-state index is 13.1. The van der Waals surface area contributed by atoms with Crippen molar-refractivity contribution in [1.29, 1.82) is 0 Å². The number of rotatable bonds is 6. The van der Waals surface area contributed by atoms with Gasteiger partial charge < -0.3 is 9.47 Å². The first-order valence-corrected chi connectivity index (χ1v) is 13.3. The predicted octanol–water partition coefficient (Wildman–Crippen LogP) is 7.38. The maximum absolute atomic E-state index is 13.1. The van der Waals surface area contributed by atoms with Gasteiger partial charge >= 0.3 is 5.97 Å². The molecular weight excluding hydrogens is 566 g/mol. The van der Waals surface area contributed by atoms with Crippen molar-refractivity contribution in [3.8, 4) is 11.5 Å². The van der Waals surface area contributed by atoms with Crippen molar-refractivity contribution in [3.63, 3.8) is 0 Å². The van der Waals surface area contributed by atoms with E-state index < -0.39 is 5.97 Å². The van der Waals surface area contributed by atoms with E-state index in [4.69, 9.17) is 9.47 Å². The number of carbonyl (C=O) groups is 3. The Bertz CT molecular complexity index is 1610. The summed E-state index contributed by atoms with van der Waals surface area (Å²) in [6.45, 7) is 2.19. The minimum absolute atomic E-state index is 0.207. The average Bonchev–Trinajstić information content (AvgIpc) is 3.17. The first-order valence-electron chi connectivity index (χ1n) is 11.7. The number of benzene rings is 4. The number of ether oxygens (including phenoxy) is 2. The van der Waals surface area contributed by atoms with Gasteiger partial charge in [-0.2, -0.15) is 0 Å². The second-order valence-corrected chi connectivity index (χ2v) is 10.6. The zero-order valence-electron chi connectivity index (χ0n) is 20.6. The van der Waals surface area contributed by atoms with E-state index in [9.17, 15) is 14.4 Å². The molecule has 0 saturated carbocycles. The zero-order chi connectivity index (χ0) is 26.8. The summed E-state index contributed by atoms with van der Waals surface area (Å²) in [5.74, 6) is -0.360. The largest absolute Gasteiger partial charge is 0.493 e. The van der Waals surface area contributed by atoms with Crippen molar-refractivity contribution >= 4 is 61.7 Å². The lowest BCUT2D eigenvalue weighted by Crippen LogP contribution is -2.27. The normalized spacial score (nSPS) is 14.4. The summed E-state index contributed by atoms with van der Waals surface area (Å²) in [4.78, 5) is 40.2. The number of halogens is 1. The number of amides is 2. The molecule has 0 N–H and O–H groups in total. The Balaban J connectivity index is 1.39. The summed E-state index contributed by atoms with van der Waals surface area (Å²) in [5.41, 5.74) is 3.03. The van der Waals surface area contributed by atoms with Crippen LogP contribution in [-0.4, -0.2) is 29.1 Å². The highest BCUT2D eigenvalue weighted by Gasteiger charge is 2.35. The highest BCUT2D eigenvalue weighted by Crippen LogP contribution is 2.40. The van der Waals surface area contributed by atoms with Crippen LogP contribution < -0.4 is 9.47 Å². The van der Waals surface area contributed by atoms with Crippen molar-refractivity contribution in [2.75, 3.05) is 7.11 Å². The first-order chi connectivity index (χ1) is 18.3. The van der Waals surface area contributed by atoms with Crippen LogP contribution in [0, 0.1) is 6.92 Å². The monoisotopic (exact) mass is 587 g/mol. The van der Waals surface area contributed by atoms with Crippen LogP contribution in [0.3, 0.4) is 0 Å². The van der Waals surface area contributed by atoms with Gasteiger partial charge in [0.1, 0.15) is 0 Å². The smallest absolute Gasteiger partial charge is 0.344 e. The molecule has 0 aliphatic carbocycles. The van der Waals surface area contributed by atoms with Gasteiger partial charge in [-0.25, -0.2) is 4.79 Å². The number of hydrogen-bond donors (Lipinski definition) is 0. The fraction of sp³-hybridized carbons (Fsp3) is 0.100. The van der Waals surface area contributed by atoms with Gasteiger partial charge in [0.2, 0.25) is 0 Å². The van der Waals surface area contributed by atoms with E-state index in [0.717, 1.165) is 33.7 Å². The summed E-state index contributed by atoms with van der Waals surface area (Å²) in [5, 5.41) is 1.39. The first kappa shape index (κ1) is 25.8. The van der Waals surface area contributed by atoms with E-state index in [2.05, 4.69) is 15.9 Å². The third-order valence-corrected chi connectivity index (χ3v) is 7.59. The van der Waals surface area contributed by atoms with Crippen molar-refractivity contribution in [1.82, 2.24) is 4.90 Å². The molecule has 190 valence electrons. The molecule has 1 heterocycles. The number of carbonyl (C=O) groups excluding carboxylic acids is 3. The molecule has 0 bridgehead atoms. The number of methoxy groups -OCH3 is 1. The van der Waals surface area contributed by atoms with Crippen LogP contribution in [0.4, 0.5) is 4.79 Å². The molecule has 1 aliphatic rings. The van der Waals surface area contributed by atoms with E-state index >= 15 is 0 Å². The van der Waals surface area contributed by atoms with E-state index in [1.165, 1.54) is 12.0 Å². The van der Waals surface area contributed by atoms with Crippen LogP contribution >= 0.6 is 27.7 Å². The summed E-state index contributed by atoms with van der Waals surface area (Å²) in [6, 6.07) is 24.1. The Kier molecular flexibility index (Phi) is 7.35. The summed E-state index contributed by atoms with van der Waals surface area (Å²) in [7, 11) is 1.47. The minimum Gasteiger partial charge on any atom is -0.493 e. The molecule has 0 spiro atoms. The molecule has 8 heteroatoms. The van der Waals surface area contributed by atoms with Crippen LogP contribution in [0.1, 0.15) is 27.0 Å². The lowest BCUT2D eigenvalue weighted by Gasteiger charge is -2.14. The molecule has 0 unspecified atom stereocenters. The molecule has 5 rings (SSSR count). The van der Waals surface area contributed by atoms with Crippen LogP contribution in [0.15, 0.2) is 88.2 Å². The quantitative estimate of drug-likeness (QED) is 0.133. The van der Waals surface area contributed by atoms with Crippen LogP contribution in [0.25, 0.3) is 16.8 Å². The molecule has 0 atom stereocenters. The molecule has 1 saturated heterocycles. The summed E-state index contributed by atoms with van der Waals surface area (Å²) < 4.78 is 11.7. The second kappa shape index (κ2) is 10.8. The third-order valence-electron chi connectivity index (χ3n) is 6.09. The van der Waals surface area contributed by atoms with Crippen LogP contribution in [-0.2, 0) is 11.3 Å². The molecule has 4 aromatic carbocycles. The molecular formula is C30H22BrNO5S. The Morgan fingerprint density at radius 2 is 1.74 bits per heavy atom. The average molecular weight is 588 g/mol. The number of fused-ring (bicyclic) bond motifs is 1. The number of aryl methyl sites for hydroxylation is 1. The van der Waals surface area contributed by atoms with Gasteiger partial charge in [0.15, 0.2) is 11.5 Å². The van der Waals surface area contributed by atoms with Crippen molar-refractivity contribution in [2.24, 2.45) is 0 Å². The molecule has 38 heavy (non-hydrogen) atoms. The molecule has 1 fully saturated rings. The Hall–Kier alpha value is -3.88. The van der Waals surface area contributed by atoms with E-state index in [0.29, 0.717) is 26.3 Å². The Morgan fingerprint density at radius 3 is 2.50 bits per heavy atom. The molecule has 1 aliphatic heterocycles. The van der Waals surface area contributed by atoms with Gasteiger partial charge in [-0.05, 0) is 80.8 Å². The molecule has 6 nitrogen and oxygen atoms in total. The third kappa shape index (κ3) is 5.23. The number of hydrogen-bond acceptors (Lipinski definition) is 6. The zero-order valence-corrected chi connectivity index (χ0v) is 23.0. The van der Waals surface area contributed by atoms with Gasteiger partial charge in [-0.1, -0.05) is 66.2 Å². The van der Waals surface area contributed by atoms with Crippen LogP contribution in [0.5, 0.6) is 11.5 Å². The summed E-state index contributed by atoms with van der Waals surface area (Å²) in [6.07, 6.45) is 1.63. The fourth-order valence-corrected chi connectivity index (χ4v) is 5.52. The van der Waals surface area contributed by atoms with Gasteiger partial charge in [-0.3, -0.25) is 14.5 Å². The molecule has 4 aromatic rings. The highest BCUT2D eigenvalue weighted by molar-refractivity contribution is 9.10. The van der Waals surface area contributed by atoms with Crippen molar-refractivity contribution < 1.29 is 23.9 Å². The molecule has 0 aromatic heterocycles.